The normalized spacial score (nSPS) is 22.4. The van der Waals surface area contributed by atoms with Crippen LogP contribution in [0.25, 0.3) is 0 Å². The van der Waals surface area contributed by atoms with Gasteiger partial charge in [0.1, 0.15) is 5.82 Å². The van der Waals surface area contributed by atoms with Gasteiger partial charge >= 0.3 is 0 Å². The van der Waals surface area contributed by atoms with Crippen molar-refractivity contribution in [1.82, 2.24) is 4.98 Å². The number of nitrogens with zero attached hydrogens (tertiary/aromatic N) is 2. The van der Waals surface area contributed by atoms with E-state index in [4.69, 9.17) is 9.47 Å². The van der Waals surface area contributed by atoms with Crippen LogP contribution in [0.1, 0.15) is 44.6 Å². The molecular formula is C23H21BrN2O4. The van der Waals surface area contributed by atoms with E-state index in [1.807, 2.05) is 24.3 Å². The van der Waals surface area contributed by atoms with Gasteiger partial charge in [-0.25, -0.2) is 4.98 Å². The van der Waals surface area contributed by atoms with Crippen molar-refractivity contribution in [1.29, 1.82) is 0 Å². The Morgan fingerprint density at radius 2 is 1.90 bits per heavy atom. The maximum atomic E-state index is 13.3. The number of Topliss-reactive ketones (excluding diaryl/α,β-unsaturated/α-hetero) is 1. The number of halogens is 1. The van der Waals surface area contributed by atoms with Gasteiger partial charge in [0.05, 0.1) is 0 Å². The first-order valence-corrected chi connectivity index (χ1v) is 10.7. The topological polar surface area (TPSA) is 68.7 Å². The van der Waals surface area contributed by atoms with Gasteiger partial charge in [0, 0.05) is 40.7 Å². The number of benzene rings is 1. The molecule has 0 fully saturated rings. The molecule has 1 amide bonds. The van der Waals surface area contributed by atoms with Crippen molar-refractivity contribution in [3.63, 3.8) is 0 Å². The Morgan fingerprint density at radius 1 is 1.10 bits per heavy atom. The summed E-state index contributed by atoms with van der Waals surface area (Å²) in [6.45, 7) is 4.32. The number of ketones is 1. The smallest absolute Gasteiger partial charge is 0.233 e. The van der Waals surface area contributed by atoms with Gasteiger partial charge in [0.25, 0.3) is 0 Å². The number of amides is 1. The number of pyridine rings is 1. The number of fused-ring (bicyclic) bond motifs is 1. The van der Waals surface area contributed by atoms with Crippen LogP contribution >= 0.6 is 15.9 Å². The van der Waals surface area contributed by atoms with Crippen molar-refractivity contribution < 1.29 is 19.1 Å². The van der Waals surface area contributed by atoms with Crippen molar-refractivity contribution in [2.75, 3.05) is 11.7 Å². The second kappa shape index (κ2) is 6.94. The molecule has 5 rings (SSSR count). The van der Waals surface area contributed by atoms with Gasteiger partial charge in [-0.3, -0.25) is 14.5 Å². The van der Waals surface area contributed by atoms with Gasteiger partial charge in [-0.2, -0.15) is 0 Å². The molecule has 0 radical (unpaired) electrons. The van der Waals surface area contributed by atoms with Gasteiger partial charge in [-0.1, -0.05) is 19.9 Å². The van der Waals surface area contributed by atoms with E-state index in [1.165, 1.54) is 0 Å². The highest BCUT2D eigenvalue weighted by atomic mass is 79.9. The molecule has 0 N–H and O–H groups in total. The molecule has 0 bridgehead atoms. The molecule has 30 heavy (non-hydrogen) atoms. The standard InChI is InChI=1S/C23H21BrN2O4/c1-23(2)9-16-22(17(27)10-23)15(13-3-5-18-19(7-13)30-12-29-18)8-21(28)26(16)20-6-4-14(24)11-25-20/h3-7,11,15H,8-10,12H2,1-2H3. The van der Waals surface area contributed by atoms with E-state index < -0.39 is 0 Å². The van der Waals surface area contributed by atoms with Crippen LogP contribution in [-0.4, -0.2) is 23.5 Å². The second-order valence-corrected chi connectivity index (χ2v) is 9.65. The van der Waals surface area contributed by atoms with Crippen molar-refractivity contribution in [2.45, 2.75) is 39.0 Å². The minimum absolute atomic E-state index is 0.0586. The maximum Gasteiger partial charge on any atom is 0.233 e. The number of anilines is 1. The third-order valence-electron chi connectivity index (χ3n) is 5.88. The SMILES string of the molecule is CC1(C)CC(=O)C2=C(C1)N(c1ccc(Br)cn1)C(=O)CC2c1ccc2c(c1)OCO2. The Bertz CT molecular complexity index is 1090. The molecule has 6 nitrogen and oxygen atoms in total. The molecule has 3 aliphatic rings. The zero-order valence-corrected chi connectivity index (χ0v) is 18.4. The summed E-state index contributed by atoms with van der Waals surface area (Å²) in [6, 6.07) is 9.33. The zero-order chi connectivity index (χ0) is 21.0. The summed E-state index contributed by atoms with van der Waals surface area (Å²) in [7, 11) is 0. The average Bonchev–Trinajstić information content (AvgIpc) is 3.15. The molecule has 0 spiro atoms. The first-order chi connectivity index (χ1) is 14.3. The fourth-order valence-electron chi connectivity index (χ4n) is 4.60. The minimum Gasteiger partial charge on any atom is -0.454 e. The molecule has 1 aliphatic carbocycles. The quantitative estimate of drug-likeness (QED) is 0.636. The Morgan fingerprint density at radius 3 is 2.67 bits per heavy atom. The molecule has 1 aromatic heterocycles. The highest BCUT2D eigenvalue weighted by molar-refractivity contribution is 9.10. The lowest BCUT2D eigenvalue weighted by Crippen LogP contribution is -2.44. The molecule has 1 aromatic carbocycles. The summed E-state index contributed by atoms with van der Waals surface area (Å²) in [5.41, 5.74) is 2.17. The molecule has 0 saturated carbocycles. The first-order valence-electron chi connectivity index (χ1n) is 9.93. The second-order valence-electron chi connectivity index (χ2n) is 8.73. The van der Waals surface area contributed by atoms with E-state index in [0.29, 0.717) is 30.2 Å². The molecule has 2 aliphatic heterocycles. The maximum absolute atomic E-state index is 13.3. The molecule has 2 aromatic rings. The lowest BCUT2D eigenvalue weighted by atomic mass is 9.69. The number of carbonyl (C=O) groups excluding carboxylic acids is 2. The van der Waals surface area contributed by atoms with Gasteiger partial charge in [0.2, 0.25) is 12.7 Å². The van der Waals surface area contributed by atoms with Gasteiger partial charge in [0.15, 0.2) is 17.3 Å². The highest BCUT2D eigenvalue weighted by Crippen LogP contribution is 2.49. The van der Waals surface area contributed by atoms with Gasteiger partial charge in [-0.15, -0.1) is 0 Å². The third kappa shape index (κ3) is 3.21. The minimum atomic E-state index is -0.294. The van der Waals surface area contributed by atoms with Gasteiger partial charge < -0.3 is 9.47 Å². The number of hydrogen-bond acceptors (Lipinski definition) is 5. The number of hydrogen-bond donors (Lipinski definition) is 0. The van der Waals surface area contributed by atoms with Crippen LogP contribution in [0.3, 0.4) is 0 Å². The number of allylic oxidation sites excluding steroid dienone is 2. The van der Waals surface area contributed by atoms with E-state index in [-0.39, 0.29) is 36.2 Å². The molecule has 0 saturated heterocycles. The van der Waals surface area contributed by atoms with Crippen LogP contribution < -0.4 is 14.4 Å². The number of carbonyl (C=O) groups is 2. The van der Waals surface area contributed by atoms with Crippen molar-refractivity contribution in [3.05, 3.63) is 57.8 Å². The fraction of sp³-hybridized carbons (Fsp3) is 0.348. The zero-order valence-electron chi connectivity index (χ0n) is 16.8. The lowest BCUT2D eigenvalue weighted by Gasteiger charge is -2.42. The average molecular weight is 469 g/mol. The fourth-order valence-corrected chi connectivity index (χ4v) is 4.83. The Balaban J connectivity index is 1.65. The van der Waals surface area contributed by atoms with Crippen molar-refractivity contribution in [2.24, 2.45) is 5.41 Å². The molecular weight excluding hydrogens is 448 g/mol. The van der Waals surface area contributed by atoms with Crippen LogP contribution in [0.2, 0.25) is 0 Å². The Kier molecular flexibility index (Phi) is 4.47. The Hall–Kier alpha value is -2.67. The molecule has 1 atom stereocenters. The van der Waals surface area contributed by atoms with Gasteiger partial charge in [-0.05, 0) is 57.6 Å². The first kappa shape index (κ1) is 19.3. The summed E-state index contributed by atoms with van der Waals surface area (Å²) >= 11 is 3.39. The van der Waals surface area contributed by atoms with E-state index in [1.54, 1.807) is 17.2 Å². The lowest BCUT2D eigenvalue weighted by molar-refractivity contribution is -0.121. The van der Waals surface area contributed by atoms with Crippen molar-refractivity contribution in [3.8, 4) is 11.5 Å². The summed E-state index contributed by atoms with van der Waals surface area (Å²) < 4.78 is 11.8. The number of rotatable bonds is 2. The third-order valence-corrected chi connectivity index (χ3v) is 6.35. The summed E-state index contributed by atoms with van der Waals surface area (Å²) in [6.07, 6.45) is 2.98. The molecule has 7 heteroatoms. The highest BCUT2D eigenvalue weighted by Gasteiger charge is 2.44. The summed E-state index contributed by atoms with van der Waals surface area (Å²) in [4.78, 5) is 32.7. The molecule has 3 heterocycles. The summed E-state index contributed by atoms with van der Waals surface area (Å²) in [5, 5.41) is 0. The number of aromatic nitrogens is 1. The summed E-state index contributed by atoms with van der Waals surface area (Å²) in [5.74, 6) is 1.63. The predicted octanol–water partition coefficient (Wildman–Crippen LogP) is 4.74. The van der Waals surface area contributed by atoms with Crippen LogP contribution in [0, 0.1) is 5.41 Å². The number of ether oxygens (including phenoxy) is 2. The molecule has 154 valence electrons. The Labute approximate surface area is 183 Å². The molecule has 1 unspecified atom stereocenters. The van der Waals surface area contributed by atoms with E-state index in [9.17, 15) is 9.59 Å². The van der Waals surface area contributed by atoms with Crippen LogP contribution in [0.15, 0.2) is 52.3 Å². The van der Waals surface area contributed by atoms with E-state index in [0.717, 1.165) is 21.3 Å². The van der Waals surface area contributed by atoms with E-state index in [2.05, 4.69) is 34.8 Å². The van der Waals surface area contributed by atoms with Crippen LogP contribution in [0.5, 0.6) is 11.5 Å². The van der Waals surface area contributed by atoms with Crippen molar-refractivity contribution >= 4 is 33.4 Å². The largest absolute Gasteiger partial charge is 0.454 e. The van der Waals surface area contributed by atoms with E-state index >= 15 is 0 Å². The monoisotopic (exact) mass is 468 g/mol. The van der Waals surface area contributed by atoms with Crippen LogP contribution in [-0.2, 0) is 9.59 Å². The van der Waals surface area contributed by atoms with Crippen LogP contribution in [0.4, 0.5) is 5.82 Å². The predicted molar refractivity (Wildman–Crippen MR) is 114 cm³/mol.